The van der Waals surface area contributed by atoms with Crippen LogP contribution in [0.1, 0.15) is 36.1 Å². The predicted octanol–water partition coefficient (Wildman–Crippen LogP) is 4.81. The van der Waals surface area contributed by atoms with Crippen molar-refractivity contribution in [2.45, 2.75) is 26.0 Å². The largest absolute Gasteiger partial charge is 0.507 e. The Morgan fingerprint density at radius 2 is 1.54 bits per heavy atom. The van der Waals surface area contributed by atoms with Gasteiger partial charge in [-0.15, -0.1) is 0 Å². The standard InChI is InChI=1S/C33H36N2O6/c1-2-20-40-27-12-8-25(9-13-27)30-29(32(37)33(38)35(30)17-16-34-18-21-39-22-19-34)31(36)26-10-14-28(15-11-26)41-23-24-6-4-3-5-7-24/h3-15,30,36H,2,16-23H2,1H3/b31-29+. The van der Waals surface area contributed by atoms with Crippen LogP contribution in [0.4, 0.5) is 0 Å². The first-order valence-electron chi connectivity index (χ1n) is 14.1. The number of aliphatic hydroxyl groups excluding tert-OH is 1. The Kier molecular flexibility index (Phi) is 9.33. The fraction of sp³-hybridized carbons (Fsp3) is 0.333. The van der Waals surface area contributed by atoms with Gasteiger partial charge < -0.3 is 24.2 Å². The van der Waals surface area contributed by atoms with Crippen molar-refractivity contribution in [2.75, 3.05) is 46.0 Å². The summed E-state index contributed by atoms with van der Waals surface area (Å²) in [6.07, 6.45) is 0.888. The molecule has 2 saturated heterocycles. The molecular formula is C33H36N2O6. The Balaban J connectivity index is 1.42. The summed E-state index contributed by atoms with van der Waals surface area (Å²) in [5, 5.41) is 11.4. The smallest absolute Gasteiger partial charge is 0.295 e. The molecule has 2 fully saturated rings. The molecule has 8 heteroatoms. The van der Waals surface area contributed by atoms with E-state index < -0.39 is 17.7 Å². The summed E-state index contributed by atoms with van der Waals surface area (Å²) < 4.78 is 17.1. The number of ether oxygens (including phenoxy) is 3. The third kappa shape index (κ3) is 6.78. The molecular weight excluding hydrogens is 520 g/mol. The maximum atomic E-state index is 13.4. The molecule has 0 bridgehead atoms. The molecule has 2 heterocycles. The summed E-state index contributed by atoms with van der Waals surface area (Å²) in [5.74, 6) is -0.158. The van der Waals surface area contributed by atoms with Crippen molar-refractivity contribution in [1.82, 2.24) is 9.80 Å². The lowest BCUT2D eigenvalue weighted by Gasteiger charge is -2.31. The number of aliphatic hydroxyl groups is 1. The molecule has 1 amide bonds. The number of hydrogen-bond acceptors (Lipinski definition) is 7. The quantitative estimate of drug-likeness (QED) is 0.206. The summed E-state index contributed by atoms with van der Waals surface area (Å²) in [4.78, 5) is 30.5. The zero-order valence-corrected chi connectivity index (χ0v) is 23.3. The zero-order chi connectivity index (χ0) is 28.6. The van der Waals surface area contributed by atoms with Crippen molar-refractivity contribution in [2.24, 2.45) is 0 Å². The highest BCUT2D eigenvalue weighted by Crippen LogP contribution is 2.40. The van der Waals surface area contributed by atoms with E-state index in [1.807, 2.05) is 61.5 Å². The Morgan fingerprint density at radius 1 is 0.878 bits per heavy atom. The van der Waals surface area contributed by atoms with E-state index in [-0.39, 0.29) is 11.3 Å². The van der Waals surface area contributed by atoms with Crippen molar-refractivity contribution in [3.63, 3.8) is 0 Å². The van der Waals surface area contributed by atoms with Gasteiger partial charge in [0.05, 0.1) is 31.4 Å². The third-order valence-electron chi connectivity index (χ3n) is 7.35. The van der Waals surface area contributed by atoms with Crippen LogP contribution in [-0.2, 0) is 20.9 Å². The van der Waals surface area contributed by atoms with Crippen LogP contribution in [0, 0.1) is 0 Å². The first-order chi connectivity index (χ1) is 20.0. The fourth-order valence-corrected chi connectivity index (χ4v) is 5.10. The maximum absolute atomic E-state index is 13.4. The van der Waals surface area contributed by atoms with Crippen LogP contribution in [0.15, 0.2) is 84.4 Å². The van der Waals surface area contributed by atoms with E-state index in [1.54, 1.807) is 29.2 Å². The molecule has 0 radical (unpaired) electrons. The van der Waals surface area contributed by atoms with Crippen LogP contribution in [-0.4, -0.2) is 72.6 Å². The van der Waals surface area contributed by atoms with E-state index >= 15 is 0 Å². The van der Waals surface area contributed by atoms with Crippen LogP contribution in [0.5, 0.6) is 11.5 Å². The summed E-state index contributed by atoms with van der Waals surface area (Å²) >= 11 is 0. The van der Waals surface area contributed by atoms with Gasteiger partial charge in [0, 0.05) is 31.7 Å². The van der Waals surface area contributed by atoms with Crippen molar-refractivity contribution in [3.8, 4) is 11.5 Å². The minimum atomic E-state index is -0.717. The number of likely N-dealkylation sites (tertiary alicyclic amines) is 1. The number of carbonyl (C=O) groups excluding carboxylic acids is 2. The molecule has 2 aliphatic heterocycles. The van der Waals surface area contributed by atoms with Gasteiger partial charge in [0.15, 0.2) is 0 Å². The fourth-order valence-electron chi connectivity index (χ4n) is 5.10. The third-order valence-corrected chi connectivity index (χ3v) is 7.35. The van der Waals surface area contributed by atoms with Crippen LogP contribution in [0.25, 0.3) is 5.76 Å². The lowest BCUT2D eigenvalue weighted by Crippen LogP contribution is -2.42. The van der Waals surface area contributed by atoms with E-state index in [1.165, 1.54) is 0 Å². The number of benzene rings is 3. The number of carbonyl (C=O) groups is 2. The van der Waals surface area contributed by atoms with E-state index in [4.69, 9.17) is 14.2 Å². The van der Waals surface area contributed by atoms with Gasteiger partial charge in [-0.2, -0.15) is 0 Å². The van der Waals surface area contributed by atoms with Crippen LogP contribution in [0.2, 0.25) is 0 Å². The normalized spacial score (nSPS) is 19.0. The molecule has 5 rings (SSSR count). The molecule has 0 aliphatic carbocycles. The molecule has 41 heavy (non-hydrogen) atoms. The Morgan fingerprint density at radius 3 is 2.22 bits per heavy atom. The van der Waals surface area contributed by atoms with Gasteiger partial charge >= 0.3 is 0 Å². The van der Waals surface area contributed by atoms with Gasteiger partial charge in [-0.05, 0) is 53.9 Å². The van der Waals surface area contributed by atoms with Crippen LogP contribution < -0.4 is 9.47 Å². The van der Waals surface area contributed by atoms with Gasteiger partial charge in [-0.1, -0.05) is 49.4 Å². The SMILES string of the molecule is CCCOc1ccc(C2/C(=C(\O)c3ccc(OCc4ccccc4)cc3)C(=O)C(=O)N2CCN2CCOCC2)cc1. The van der Waals surface area contributed by atoms with Gasteiger partial charge in [-0.25, -0.2) is 0 Å². The Bertz CT molecular complexity index is 1350. The van der Waals surface area contributed by atoms with Gasteiger partial charge in [-0.3, -0.25) is 14.5 Å². The lowest BCUT2D eigenvalue weighted by atomic mass is 9.95. The minimum Gasteiger partial charge on any atom is -0.507 e. The molecule has 1 unspecified atom stereocenters. The number of amides is 1. The molecule has 0 aromatic heterocycles. The molecule has 214 valence electrons. The van der Waals surface area contributed by atoms with E-state index in [0.29, 0.717) is 56.6 Å². The monoisotopic (exact) mass is 556 g/mol. The summed E-state index contributed by atoms with van der Waals surface area (Å²) in [5.41, 5.74) is 2.30. The van der Waals surface area contributed by atoms with Gasteiger partial charge in [0.2, 0.25) is 0 Å². The summed E-state index contributed by atoms with van der Waals surface area (Å²) in [6.45, 7) is 6.86. The molecule has 3 aromatic rings. The lowest BCUT2D eigenvalue weighted by molar-refractivity contribution is -0.140. The first kappa shape index (κ1) is 28.4. The van der Waals surface area contributed by atoms with Crippen molar-refractivity contribution >= 4 is 17.4 Å². The highest BCUT2D eigenvalue weighted by Gasteiger charge is 2.46. The zero-order valence-electron chi connectivity index (χ0n) is 23.3. The molecule has 2 aliphatic rings. The number of ketones is 1. The Hall–Kier alpha value is -4.14. The average molecular weight is 557 g/mol. The van der Waals surface area contributed by atoms with E-state index in [9.17, 15) is 14.7 Å². The molecule has 1 atom stereocenters. The van der Waals surface area contributed by atoms with E-state index in [2.05, 4.69) is 4.90 Å². The van der Waals surface area contributed by atoms with Crippen molar-refractivity contribution in [1.29, 1.82) is 0 Å². The van der Waals surface area contributed by atoms with Crippen LogP contribution >= 0.6 is 0 Å². The highest BCUT2D eigenvalue weighted by atomic mass is 16.5. The first-order valence-corrected chi connectivity index (χ1v) is 14.1. The second-order valence-corrected chi connectivity index (χ2v) is 10.2. The average Bonchev–Trinajstić information content (AvgIpc) is 3.28. The number of hydrogen-bond donors (Lipinski definition) is 1. The highest BCUT2D eigenvalue weighted by molar-refractivity contribution is 6.46. The van der Waals surface area contributed by atoms with Gasteiger partial charge in [0.25, 0.3) is 11.7 Å². The van der Waals surface area contributed by atoms with Crippen LogP contribution in [0.3, 0.4) is 0 Å². The minimum absolute atomic E-state index is 0.0807. The molecule has 1 N–H and O–H groups in total. The Labute approximate surface area is 240 Å². The molecule has 3 aromatic carbocycles. The predicted molar refractivity (Wildman–Crippen MR) is 156 cm³/mol. The second kappa shape index (κ2) is 13.5. The van der Waals surface area contributed by atoms with Crippen molar-refractivity contribution < 1.29 is 28.9 Å². The second-order valence-electron chi connectivity index (χ2n) is 10.2. The topological polar surface area (TPSA) is 88.5 Å². The number of nitrogens with zero attached hydrogens (tertiary/aromatic N) is 2. The molecule has 0 saturated carbocycles. The number of morpholine rings is 1. The number of Topliss-reactive ketones (excluding diaryl/α,β-unsaturated/α-hetero) is 1. The number of rotatable bonds is 11. The van der Waals surface area contributed by atoms with Crippen molar-refractivity contribution in [3.05, 3.63) is 101 Å². The van der Waals surface area contributed by atoms with Gasteiger partial charge in [0.1, 0.15) is 23.9 Å². The summed E-state index contributed by atoms with van der Waals surface area (Å²) in [7, 11) is 0. The molecule has 0 spiro atoms. The van der Waals surface area contributed by atoms with E-state index in [0.717, 1.165) is 30.6 Å². The summed E-state index contributed by atoms with van der Waals surface area (Å²) in [6, 6.07) is 23.4. The maximum Gasteiger partial charge on any atom is 0.295 e. The molecule has 8 nitrogen and oxygen atoms in total.